The summed E-state index contributed by atoms with van der Waals surface area (Å²) in [6.45, 7) is 2.23. The Kier molecular flexibility index (Phi) is 4.11. The molecule has 1 heterocycles. The third kappa shape index (κ3) is 3.32. The molecule has 0 amide bonds. The van der Waals surface area contributed by atoms with Gasteiger partial charge in [-0.05, 0) is 31.2 Å². The molecule has 0 N–H and O–H groups in total. The van der Waals surface area contributed by atoms with Crippen molar-refractivity contribution in [2.24, 2.45) is 0 Å². The molecule has 0 fully saturated rings. The summed E-state index contributed by atoms with van der Waals surface area (Å²) in [7, 11) is 0. The first-order chi connectivity index (χ1) is 9.31. The summed E-state index contributed by atoms with van der Waals surface area (Å²) in [5.74, 6) is 0. The fourth-order valence-electron chi connectivity index (χ4n) is 1.76. The molecule has 0 aliphatic rings. The molecule has 0 spiro atoms. The monoisotopic (exact) mass is 303 g/mol. The van der Waals surface area contributed by atoms with Crippen molar-refractivity contribution >= 4 is 45.1 Å². The molecule has 0 aliphatic carbocycles. The van der Waals surface area contributed by atoms with Gasteiger partial charge in [-0.1, -0.05) is 42.1 Å². The summed E-state index contributed by atoms with van der Waals surface area (Å²) in [6, 6.07) is 18.8. The number of thiazole rings is 1. The number of hydrogen-bond donors (Lipinski definition) is 0. The Labute approximate surface area is 125 Å². The Bertz CT molecular complexity index is 630. The third-order valence-corrected chi connectivity index (χ3v) is 6.03. The van der Waals surface area contributed by atoms with Crippen molar-refractivity contribution in [3.05, 3.63) is 54.6 Å². The molecular formula is C15H13NS3. The van der Waals surface area contributed by atoms with Crippen molar-refractivity contribution in [2.45, 2.75) is 20.7 Å². The molecule has 0 aliphatic heterocycles. The summed E-state index contributed by atoms with van der Waals surface area (Å²) in [4.78, 5) is 5.97. The van der Waals surface area contributed by atoms with E-state index in [-0.39, 0.29) is 0 Å². The van der Waals surface area contributed by atoms with Gasteiger partial charge in [0, 0.05) is 4.90 Å². The van der Waals surface area contributed by atoms with Gasteiger partial charge in [0.15, 0.2) is 4.34 Å². The van der Waals surface area contributed by atoms with Crippen LogP contribution in [0.15, 0.2) is 63.8 Å². The van der Waals surface area contributed by atoms with E-state index in [0.717, 1.165) is 9.86 Å². The highest BCUT2D eigenvalue weighted by molar-refractivity contribution is 8.17. The first kappa shape index (κ1) is 13.0. The van der Waals surface area contributed by atoms with Gasteiger partial charge in [0.2, 0.25) is 0 Å². The first-order valence-electron chi connectivity index (χ1n) is 6.05. The summed E-state index contributed by atoms with van der Waals surface area (Å²) in [5.41, 5.74) is 1.10. The minimum absolute atomic E-state index is 0.461. The van der Waals surface area contributed by atoms with E-state index >= 15 is 0 Å². The fraction of sp³-hybridized carbons (Fsp3) is 0.133. The Balaban J connectivity index is 1.70. The topological polar surface area (TPSA) is 12.9 Å². The minimum atomic E-state index is 0.461. The lowest BCUT2D eigenvalue weighted by Crippen LogP contribution is -1.87. The normalized spacial score (nSPS) is 12.7. The number of para-hydroxylation sites is 1. The highest BCUT2D eigenvalue weighted by Crippen LogP contribution is 2.38. The predicted octanol–water partition coefficient (Wildman–Crippen LogP) is 5.53. The van der Waals surface area contributed by atoms with Crippen molar-refractivity contribution in [1.29, 1.82) is 0 Å². The molecule has 0 saturated heterocycles. The molecular weight excluding hydrogens is 290 g/mol. The van der Waals surface area contributed by atoms with E-state index in [9.17, 15) is 0 Å². The number of fused-ring (bicyclic) bond motifs is 1. The van der Waals surface area contributed by atoms with E-state index in [1.165, 1.54) is 9.60 Å². The average molecular weight is 303 g/mol. The van der Waals surface area contributed by atoms with Gasteiger partial charge in [0.1, 0.15) is 0 Å². The van der Waals surface area contributed by atoms with Crippen LogP contribution in [-0.4, -0.2) is 9.57 Å². The van der Waals surface area contributed by atoms with Crippen molar-refractivity contribution in [1.82, 2.24) is 4.98 Å². The van der Waals surface area contributed by atoms with Gasteiger partial charge >= 0.3 is 0 Å². The molecule has 0 radical (unpaired) electrons. The first-order valence-corrected chi connectivity index (χ1v) is 8.63. The Morgan fingerprint density at radius 1 is 0.947 bits per heavy atom. The molecule has 3 aromatic rings. The van der Waals surface area contributed by atoms with Gasteiger partial charge in [-0.25, -0.2) is 4.98 Å². The van der Waals surface area contributed by atoms with E-state index in [1.807, 2.05) is 29.6 Å². The highest BCUT2D eigenvalue weighted by atomic mass is 32.2. The van der Waals surface area contributed by atoms with Gasteiger partial charge in [0.05, 0.1) is 14.8 Å². The second kappa shape index (κ2) is 5.99. The van der Waals surface area contributed by atoms with Gasteiger partial charge in [-0.2, -0.15) is 0 Å². The van der Waals surface area contributed by atoms with Gasteiger partial charge in [0.25, 0.3) is 0 Å². The zero-order valence-corrected chi connectivity index (χ0v) is 12.9. The summed E-state index contributed by atoms with van der Waals surface area (Å²) in [6.07, 6.45) is 0. The summed E-state index contributed by atoms with van der Waals surface area (Å²) in [5, 5.41) is 0. The van der Waals surface area contributed by atoms with Crippen molar-refractivity contribution < 1.29 is 0 Å². The van der Waals surface area contributed by atoms with Crippen LogP contribution in [0.25, 0.3) is 10.2 Å². The van der Waals surface area contributed by atoms with Crippen LogP contribution in [0.3, 0.4) is 0 Å². The maximum absolute atomic E-state index is 4.66. The molecule has 1 atom stereocenters. The minimum Gasteiger partial charge on any atom is -0.230 e. The summed E-state index contributed by atoms with van der Waals surface area (Å²) < 4.78 is 2.88. The van der Waals surface area contributed by atoms with Crippen molar-refractivity contribution in [3.63, 3.8) is 0 Å². The smallest absolute Gasteiger partial charge is 0.152 e. The highest BCUT2D eigenvalue weighted by Gasteiger charge is 2.10. The number of rotatable bonds is 4. The van der Waals surface area contributed by atoms with Gasteiger partial charge in [-0.3, -0.25) is 0 Å². The SMILES string of the molecule is CC(Sc1ccccc1)Sc1nc2ccccc2s1. The number of nitrogens with zero attached hydrogens (tertiary/aromatic N) is 1. The maximum atomic E-state index is 4.66. The zero-order valence-electron chi connectivity index (χ0n) is 10.4. The average Bonchev–Trinajstić information content (AvgIpc) is 2.81. The van der Waals surface area contributed by atoms with Crippen LogP contribution < -0.4 is 0 Å². The van der Waals surface area contributed by atoms with Crippen LogP contribution in [0.1, 0.15) is 6.92 Å². The Morgan fingerprint density at radius 3 is 2.47 bits per heavy atom. The molecule has 3 rings (SSSR count). The second-order valence-corrected chi connectivity index (χ2v) is 8.40. The van der Waals surface area contributed by atoms with Crippen molar-refractivity contribution in [3.8, 4) is 0 Å². The molecule has 2 aromatic carbocycles. The molecule has 1 aromatic heterocycles. The van der Waals surface area contributed by atoms with Crippen LogP contribution in [-0.2, 0) is 0 Å². The van der Waals surface area contributed by atoms with Crippen LogP contribution in [0.5, 0.6) is 0 Å². The Hall–Kier alpha value is -0.970. The lowest BCUT2D eigenvalue weighted by atomic mass is 10.3. The van der Waals surface area contributed by atoms with Crippen LogP contribution in [0, 0.1) is 0 Å². The Morgan fingerprint density at radius 2 is 1.68 bits per heavy atom. The quantitative estimate of drug-likeness (QED) is 0.465. The molecule has 0 bridgehead atoms. The zero-order chi connectivity index (χ0) is 13.1. The number of aromatic nitrogens is 1. The fourth-order valence-corrected chi connectivity index (χ4v) is 5.46. The lowest BCUT2D eigenvalue weighted by Gasteiger charge is -2.08. The lowest BCUT2D eigenvalue weighted by molar-refractivity contribution is 1.28. The molecule has 4 heteroatoms. The largest absolute Gasteiger partial charge is 0.230 e. The molecule has 19 heavy (non-hydrogen) atoms. The number of benzene rings is 2. The molecule has 96 valence electrons. The third-order valence-electron chi connectivity index (χ3n) is 2.59. The molecule has 1 nitrogen and oxygen atoms in total. The maximum Gasteiger partial charge on any atom is 0.152 e. The predicted molar refractivity (Wildman–Crippen MR) is 87.2 cm³/mol. The molecule has 0 saturated carbocycles. The number of thioether (sulfide) groups is 2. The van der Waals surface area contributed by atoms with Crippen molar-refractivity contribution in [2.75, 3.05) is 0 Å². The van der Waals surface area contributed by atoms with E-state index in [0.29, 0.717) is 4.58 Å². The van der Waals surface area contributed by atoms with E-state index in [1.54, 1.807) is 11.3 Å². The summed E-state index contributed by atoms with van der Waals surface area (Å²) >= 11 is 5.49. The number of hydrogen-bond acceptors (Lipinski definition) is 4. The van der Waals surface area contributed by atoms with Gasteiger partial charge < -0.3 is 0 Å². The van der Waals surface area contributed by atoms with Gasteiger partial charge in [-0.15, -0.1) is 23.1 Å². The van der Waals surface area contributed by atoms with E-state index in [2.05, 4.69) is 60.4 Å². The van der Waals surface area contributed by atoms with Crippen LogP contribution in [0.4, 0.5) is 0 Å². The van der Waals surface area contributed by atoms with Crippen LogP contribution >= 0.6 is 34.9 Å². The second-order valence-electron chi connectivity index (χ2n) is 4.06. The standard InChI is InChI=1S/C15H13NS3/c1-11(17-12-7-3-2-4-8-12)18-15-16-13-9-5-6-10-14(13)19-15/h2-11H,1H3. The van der Waals surface area contributed by atoms with E-state index < -0.39 is 0 Å². The molecule has 1 unspecified atom stereocenters. The van der Waals surface area contributed by atoms with E-state index in [4.69, 9.17) is 0 Å². The van der Waals surface area contributed by atoms with Crippen LogP contribution in [0.2, 0.25) is 0 Å².